The van der Waals surface area contributed by atoms with E-state index in [4.69, 9.17) is 10.5 Å². The highest BCUT2D eigenvalue weighted by Crippen LogP contribution is 2.24. The van der Waals surface area contributed by atoms with E-state index in [2.05, 4.69) is 36.9 Å². The van der Waals surface area contributed by atoms with E-state index in [1.807, 2.05) is 0 Å². The quantitative estimate of drug-likeness (QED) is 0.799. The van der Waals surface area contributed by atoms with Crippen molar-refractivity contribution in [3.63, 3.8) is 0 Å². The number of methoxy groups -OCH3 is 1. The van der Waals surface area contributed by atoms with Crippen molar-refractivity contribution in [2.75, 3.05) is 31.7 Å². The number of rotatable bonds is 6. The first kappa shape index (κ1) is 13.0. The maximum Gasteiger partial charge on any atom is 0.0637 e. The molecule has 0 spiro atoms. The highest BCUT2D eigenvalue weighted by atomic mass is 16.5. The van der Waals surface area contributed by atoms with Gasteiger partial charge in [-0.25, -0.2) is 0 Å². The molecule has 0 aliphatic heterocycles. The maximum absolute atomic E-state index is 5.78. The smallest absolute Gasteiger partial charge is 0.0637 e. The average Bonchev–Trinajstić information content (AvgIpc) is 2.31. The molecule has 0 saturated carbocycles. The molecule has 3 nitrogen and oxygen atoms in total. The lowest BCUT2D eigenvalue weighted by atomic mass is 10.1. The lowest BCUT2D eigenvalue weighted by molar-refractivity contribution is 0.205. The molecule has 2 N–H and O–H groups in total. The van der Waals surface area contributed by atoms with Crippen LogP contribution < -0.4 is 10.6 Å². The number of anilines is 1. The molecule has 0 aliphatic rings. The van der Waals surface area contributed by atoms with E-state index in [0.29, 0.717) is 6.54 Å². The van der Waals surface area contributed by atoms with Crippen LogP contribution in [0, 0.1) is 6.92 Å². The highest BCUT2D eigenvalue weighted by molar-refractivity contribution is 5.59. The Labute approximate surface area is 98.2 Å². The number of hydrogen-bond acceptors (Lipinski definition) is 3. The third-order valence-electron chi connectivity index (χ3n) is 2.80. The maximum atomic E-state index is 5.78. The summed E-state index contributed by atoms with van der Waals surface area (Å²) in [4.78, 5) is 2.32. The van der Waals surface area contributed by atoms with Gasteiger partial charge in [-0.05, 0) is 25.0 Å². The second-order valence-corrected chi connectivity index (χ2v) is 3.86. The first-order chi connectivity index (χ1) is 7.74. The van der Waals surface area contributed by atoms with Gasteiger partial charge in [0.25, 0.3) is 0 Å². The molecule has 1 aromatic carbocycles. The summed E-state index contributed by atoms with van der Waals surface area (Å²) in [5.41, 5.74) is 9.54. The van der Waals surface area contributed by atoms with Crippen molar-refractivity contribution in [3.05, 3.63) is 29.3 Å². The lowest BCUT2D eigenvalue weighted by Gasteiger charge is -2.27. The van der Waals surface area contributed by atoms with E-state index in [9.17, 15) is 0 Å². The summed E-state index contributed by atoms with van der Waals surface area (Å²) in [5.74, 6) is 0. The van der Waals surface area contributed by atoms with Gasteiger partial charge in [0, 0.05) is 32.4 Å². The molecule has 0 aliphatic carbocycles. The van der Waals surface area contributed by atoms with Crippen LogP contribution in [0.5, 0.6) is 0 Å². The number of benzene rings is 1. The minimum Gasteiger partial charge on any atom is -0.383 e. The second kappa shape index (κ2) is 6.51. The molecule has 16 heavy (non-hydrogen) atoms. The Bertz CT molecular complexity index is 326. The van der Waals surface area contributed by atoms with Crippen molar-refractivity contribution in [2.24, 2.45) is 5.73 Å². The predicted octanol–water partition coefficient (Wildman–Crippen LogP) is 1.93. The zero-order chi connectivity index (χ0) is 12.0. The van der Waals surface area contributed by atoms with Gasteiger partial charge in [0.05, 0.1) is 6.61 Å². The van der Waals surface area contributed by atoms with Crippen molar-refractivity contribution < 1.29 is 4.74 Å². The fourth-order valence-electron chi connectivity index (χ4n) is 1.97. The van der Waals surface area contributed by atoms with Crippen molar-refractivity contribution in [3.8, 4) is 0 Å². The molecule has 1 aromatic rings. The largest absolute Gasteiger partial charge is 0.383 e. The van der Waals surface area contributed by atoms with Crippen molar-refractivity contribution in [2.45, 2.75) is 20.4 Å². The number of ether oxygens (including phenoxy) is 1. The first-order valence-electron chi connectivity index (χ1n) is 5.77. The molecule has 0 heterocycles. The Morgan fingerprint density at radius 3 is 2.69 bits per heavy atom. The number of para-hydroxylation sites is 1. The Hall–Kier alpha value is -1.06. The molecular formula is C13H22N2O. The van der Waals surface area contributed by atoms with Crippen LogP contribution in [0.3, 0.4) is 0 Å². The fourth-order valence-corrected chi connectivity index (χ4v) is 1.97. The van der Waals surface area contributed by atoms with Gasteiger partial charge < -0.3 is 15.4 Å². The number of nitrogens with zero attached hydrogens (tertiary/aromatic N) is 1. The molecule has 0 aromatic heterocycles. The minimum atomic E-state index is 0.584. The van der Waals surface area contributed by atoms with Crippen LogP contribution in [0.2, 0.25) is 0 Å². The van der Waals surface area contributed by atoms with Crippen LogP contribution >= 0.6 is 0 Å². The molecule has 0 atom stereocenters. The fraction of sp³-hybridized carbons (Fsp3) is 0.538. The van der Waals surface area contributed by atoms with Crippen LogP contribution in [0.15, 0.2) is 18.2 Å². The molecule has 3 heteroatoms. The van der Waals surface area contributed by atoms with Crippen LogP contribution in [-0.2, 0) is 11.3 Å². The van der Waals surface area contributed by atoms with Crippen LogP contribution in [0.1, 0.15) is 18.1 Å². The Balaban J connectivity index is 2.97. The van der Waals surface area contributed by atoms with E-state index in [0.717, 1.165) is 19.7 Å². The van der Waals surface area contributed by atoms with Crippen LogP contribution in [0.4, 0.5) is 5.69 Å². The SMILES string of the molecule is CCN(CCOC)c1c(C)cccc1CN. The Kier molecular flexibility index (Phi) is 5.29. The lowest BCUT2D eigenvalue weighted by Crippen LogP contribution is -2.29. The molecule has 0 radical (unpaired) electrons. The molecule has 0 amide bonds. The van der Waals surface area contributed by atoms with Gasteiger partial charge in [0.2, 0.25) is 0 Å². The summed E-state index contributed by atoms with van der Waals surface area (Å²) >= 11 is 0. The van der Waals surface area contributed by atoms with Gasteiger partial charge in [0.1, 0.15) is 0 Å². The van der Waals surface area contributed by atoms with Crippen molar-refractivity contribution in [1.82, 2.24) is 0 Å². The molecule has 90 valence electrons. The van der Waals surface area contributed by atoms with E-state index in [-0.39, 0.29) is 0 Å². The first-order valence-corrected chi connectivity index (χ1v) is 5.77. The Morgan fingerprint density at radius 1 is 1.38 bits per heavy atom. The van der Waals surface area contributed by atoms with Crippen LogP contribution in [0.25, 0.3) is 0 Å². The molecular weight excluding hydrogens is 200 g/mol. The van der Waals surface area contributed by atoms with Crippen LogP contribution in [-0.4, -0.2) is 26.8 Å². The summed E-state index contributed by atoms with van der Waals surface area (Å²) in [6, 6.07) is 6.28. The minimum absolute atomic E-state index is 0.584. The summed E-state index contributed by atoms with van der Waals surface area (Å²) in [5, 5.41) is 0. The number of nitrogens with two attached hydrogens (primary N) is 1. The summed E-state index contributed by atoms with van der Waals surface area (Å²) in [6.45, 7) is 7.49. The topological polar surface area (TPSA) is 38.5 Å². The van der Waals surface area contributed by atoms with Gasteiger partial charge >= 0.3 is 0 Å². The Morgan fingerprint density at radius 2 is 2.12 bits per heavy atom. The van der Waals surface area contributed by atoms with Gasteiger partial charge in [-0.15, -0.1) is 0 Å². The third kappa shape index (κ3) is 2.97. The molecule has 0 bridgehead atoms. The molecule has 0 saturated heterocycles. The number of hydrogen-bond donors (Lipinski definition) is 1. The average molecular weight is 222 g/mol. The molecule has 1 rings (SSSR count). The summed E-state index contributed by atoms with van der Waals surface area (Å²) in [6.07, 6.45) is 0. The van der Waals surface area contributed by atoms with Gasteiger partial charge in [-0.2, -0.15) is 0 Å². The highest BCUT2D eigenvalue weighted by Gasteiger charge is 2.11. The van der Waals surface area contributed by atoms with E-state index in [1.54, 1.807) is 7.11 Å². The van der Waals surface area contributed by atoms with Crippen molar-refractivity contribution in [1.29, 1.82) is 0 Å². The zero-order valence-corrected chi connectivity index (χ0v) is 10.5. The van der Waals surface area contributed by atoms with E-state index >= 15 is 0 Å². The van der Waals surface area contributed by atoms with Gasteiger partial charge in [-0.3, -0.25) is 0 Å². The standard InChI is InChI=1S/C13H22N2O/c1-4-15(8-9-16-3)13-11(2)6-5-7-12(13)10-14/h5-7H,4,8-10,14H2,1-3H3. The normalized spacial score (nSPS) is 10.5. The van der Waals surface area contributed by atoms with Gasteiger partial charge in [-0.1, -0.05) is 18.2 Å². The third-order valence-corrected chi connectivity index (χ3v) is 2.80. The second-order valence-electron chi connectivity index (χ2n) is 3.86. The summed E-state index contributed by atoms with van der Waals surface area (Å²) in [7, 11) is 1.73. The van der Waals surface area contributed by atoms with E-state index < -0.39 is 0 Å². The zero-order valence-electron chi connectivity index (χ0n) is 10.5. The monoisotopic (exact) mass is 222 g/mol. The predicted molar refractivity (Wildman–Crippen MR) is 68.8 cm³/mol. The number of aryl methyl sites for hydroxylation is 1. The molecule has 0 fully saturated rings. The van der Waals surface area contributed by atoms with Gasteiger partial charge in [0.15, 0.2) is 0 Å². The number of likely N-dealkylation sites (N-methyl/N-ethyl adjacent to an activating group) is 1. The van der Waals surface area contributed by atoms with Crippen molar-refractivity contribution >= 4 is 5.69 Å². The van der Waals surface area contributed by atoms with E-state index in [1.165, 1.54) is 16.8 Å². The molecule has 0 unspecified atom stereocenters. The summed E-state index contributed by atoms with van der Waals surface area (Å²) < 4.78 is 5.14.